The average molecular weight is 501 g/mol. The van der Waals surface area contributed by atoms with E-state index >= 15 is 0 Å². The van der Waals surface area contributed by atoms with Crippen LogP contribution in [0.5, 0.6) is 0 Å². The van der Waals surface area contributed by atoms with Crippen LogP contribution in [0.2, 0.25) is 0 Å². The topological polar surface area (TPSA) is 9.86 Å². The molecular formula is C37H28N2. The Morgan fingerprint density at radius 3 is 1.97 bits per heavy atom. The molecule has 2 nitrogen and oxygen atoms in total. The normalized spacial score (nSPS) is 15.5. The van der Waals surface area contributed by atoms with E-state index in [4.69, 9.17) is 0 Å². The van der Waals surface area contributed by atoms with E-state index in [1.54, 1.807) is 0 Å². The molecule has 1 aliphatic rings. The maximum atomic E-state index is 2.44. The van der Waals surface area contributed by atoms with Gasteiger partial charge < -0.3 is 9.13 Å². The van der Waals surface area contributed by atoms with E-state index in [9.17, 15) is 0 Å². The molecular weight excluding hydrogens is 472 g/mol. The van der Waals surface area contributed by atoms with Gasteiger partial charge in [0.2, 0.25) is 0 Å². The number of para-hydroxylation sites is 3. The largest absolute Gasteiger partial charge is 0.309 e. The summed E-state index contributed by atoms with van der Waals surface area (Å²) in [5.41, 5.74) is 9.89. The van der Waals surface area contributed by atoms with E-state index in [0.717, 1.165) is 6.42 Å². The molecule has 2 aromatic heterocycles. The van der Waals surface area contributed by atoms with E-state index in [2.05, 4.69) is 150 Å². The van der Waals surface area contributed by atoms with E-state index < -0.39 is 0 Å². The summed E-state index contributed by atoms with van der Waals surface area (Å²) in [4.78, 5) is 0. The second-order valence-corrected chi connectivity index (χ2v) is 10.7. The maximum absolute atomic E-state index is 2.44. The third-order valence-corrected chi connectivity index (χ3v) is 8.26. The number of hydrogen-bond acceptors (Lipinski definition) is 0. The monoisotopic (exact) mass is 500 g/mol. The summed E-state index contributed by atoms with van der Waals surface area (Å²) in [6.45, 7) is 2.27. The number of nitrogens with zero attached hydrogens (tertiary/aromatic N) is 2. The first-order valence-corrected chi connectivity index (χ1v) is 13.8. The summed E-state index contributed by atoms with van der Waals surface area (Å²) in [7, 11) is 0. The van der Waals surface area contributed by atoms with Gasteiger partial charge in [-0.1, -0.05) is 97.9 Å². The first-order chi connectivity index (χ1) is 19.3. The molecule has 0 N–H and O–H groups in total. The summed E-state index contributed by atoms with van der Waals surface area (Å²) in [5.74, 6) is 0.619. The van der Waals surface area contributed by atoms with Crippen molar-refractivity contribution >= 4 is 49.2 Å². The molecule has 186 valence electrons. The molecule has 39 heavy (non-hydrogen) atoms. The first-order valence-electron chi connectivity index (χ1n) is 13.8. The number of hydrogen-bond donors (Lipinski definition) is 0. The summed E-state index contributed by atoms with van der Waals surface area (Å²) in [6.07, 6.45) is 8.04. The van der Waals surface area contributed by atoms with Crippen LogP contribution in [-0.2, 0) is 0 Å². The van der Waals surface area contributed by atoms with Gasteiger partial charge in [0, 0.05) is 32.9 Å². The van der Waals surface area contributed by atoms with Gasteiger partial charge in [0.05, 0.1) is 22.1 Å². The molecule has 0 bridgehead atoms. The highest BCUT2D eigenvalue weighted by molar-refractivity contribution is 6.26. The molecule has 0 spiro atoms. The molecule has 1 unspecified atom stereocenters. The second kappa shape index (κ2) is 8.61. The van der Waals surface area contributed by atoms with E-state index in [0.29, 0.717) is 5.92 Å². The fraction of sp³-hybridized carbons (Fsp3) is 0.0811. The highest BCUT2D eigenvalue weighted by atomic mass is 15.0. The van der Waals surface area contributed by atoms with E-state index in [1.165, 1.54) is 66.1 Å². The van der Waals surface area contributed by atoms with Crippen molar-refractivity contribution in [2.24, 2.45) is 5.92 Å². The predicted molar refractivity (Wildman–Crippen MR) is 166 cm³/mol. The van der Waals surface area contributed by atoms with Crippen LogP contribution in [0.15, 0.2) is 133 Å². The lowest BCUT2D eigenvalue weighted by atomic mass is 9.94. The van der Waals surface area contributed by atoms with Gasteiger partial charge in [-0.2, -0.15) is 0 Å². The Labute approximate surface area is 227 Å². The van der Waals surface area contributed by atoms with Gasteiger partial charge in [0.25, 0.3) is 0 Å². The van der Waals surface area contributed by atoms with Crippen molar-refractivity contribution in [1.82, 2.24) is 9.13 Å². The Balaban J connectivity index is 1.44. The van der Waals surface area contributed by atoms with Crippen LogP contribution in [-0.4, -0.2) is 9.13 Å². The fourth-order valence-corrected chi connectivity index (χ4v) is 6.38. The van der Waals surface area contributed by atoms with Gasteiger partial charge in [0.1, 0.15) is 0 Å². The molecule has 0 saturated carbocycles. The van der Waals surface area contributed by atoms with Crippen LogP contribution < -0.4 is 0 Å². The summed E-state index contributed by atoms with van der Waals surface area (Å²) >= 11 is 0. The molecule has 7 aromatic rings. The average Bonchev–Trinajstić information content (AvgIpc) is 3.51. The number of benzene rings is 5. The minimum Gasteiger partial charge on any atom is -0.309 e. The van der Waals surface area contributed by atoms with Crippen molar-refractivity contribution in [2.75, 3.05) is 0 Å². The molecule has 2 heterocycles. The molecule has 2 heteroatoms. The van der Waals surface area contributed by atoms with Crippen molar-refractivity contribution in [3.8, 4) is 11.4 Å². The lowest BCUT2D eigenvalue weighted by molar-refractivity contribution is 0.739. The van der Waals surface area contributed by atoms with Crippen LogP contribution in [0.3, 0.4) is 0 Å². The third-order valence-electron chi connectivity index (χ3n) is 8.26. The molecule has 0 saturated heterocycles. The summed E-state index contributed by atoms with van der Waals surface area (Å²) < 4.78 is 4.86. The second-order valence-electron chi connectivity index (χ2n) is 10.7. The quantitative estimate of drug-likeness (QED) is 0.228. The van der Waals surface area contributed by atoms with E-state index in [-0.39, 0.29) is 0 Å². The van der Waals surface area contributed by atoms with Crippen LogP contribution in [0.4, 0.5) is 0 Å². The lowest BCUT2D eigenvalue weighted by Crippen LogP contribution is -1.97. The van der Waals surface area contributed by atoms with Gasteiger partial charge in [0.15, 0.2) is 0 Å². The van der Waals surface area contributed by atoms with Crippen molar-refractivity contribution in [3.63, 3.8) is 0 Å². The van der Waals surface area contributed by atoms with Crippen LogP contribution in [0, 0.1) is 5.92 Å². The van der Waals surface area contributed by atoms with Crippen LogP contribution >= 0.6 is 0 Å². The van der Waals surface area contributed by atoms with Crippen molar-refractivity contribution in [2.45, 2.75) is 13.3 Å². The SMILES string of the molecule is CC1C=CC(c2ccc(-n3c4ccccc4c4c3ccc3c5ccccc5n(-c5ccccc5)c34)cc2)=CC1. The number of aromatic nitrogens is 2. The zero-order chi connectivity index (χ0) is 25.9. The lowest BCUT2D eigenvalue weighted by Gasteiger charge is -2.13. The van der Waals surface area contributed by atoms with Gasteiger partial charge in [-0.05, 0) is 65.9 Å². The Morgan fingerprint density at radius 2 is 1.23 bits per heavy atom. The number of allylic oxidation sites excluding steroid dienone is 4. The van der Waals surface area contributed by atoms with Crippen molar-refractivity contribution < 1.29 is 0 Å². The highest BCUT2D eigenvalue weighted by Gasteiger charge is 2.20. The minimum atomic E-state index is 0.619. The Hall–Kier alpha value is -4.82. The first kappa shape index (κ1) is 22.2. The zero-order valence-electron chi connectivity index (χ0n) is 21.9. The molecule has 0 aliphatic heterocycles. The van der Waals surface area contributed by atoms with Crippen molar-refractivity contribution in [1.29, 1.82) is 0 Å². The molecule has 0 amide bonds. The minimum absolute atomic E-state index is 0.619. The molecule has 5 aromatic carbocycles. The third kappa shape index (κ3) is 3.35. The number of fused-ring (bicyclic) bond motifs is 7. The standard InChI is InChI=1S/C37H28N2/c1-25-15-17-26(18-16-25)27-19-21-29(22-20-27)38-34-14-8-6-12-32(34)36-35(38)24-23-31-30-11-5-7-13-33(30)39(37(31)36)28-9-3-2-4-10-28/h2-15,17-25H,16H2,1H3. The van der Waals surface area contributed by atoms with Gasteiger partial charge in [-0.3, -0.25) is 0 Å². The maximum Gasteiger partial charge on any atom is 0.0641 e. The Kier molecular flexibility index (Phi) is 4.90. The molecule has 1 atom stereocenters. The smallest absolute Gasteiger partial charge is 0.0641 e. The highest BCUT2D eigenvalue weighted by Crippen LogP contribution is 2.41. The molecule has 1 aliphatic carbocycles. The van der Waals surface area contributed by atoms with E-state index in [1.807, 2.05) is 0 Å². The van der Waals surface area contributed by atoms with Gasteiger partial charge in [-0.15, -0.1) is 0 Å². The summed E-state index contributed by atoms with van der Waals surface area (Å²) in [6, 6.07) is 42.0. The van der Waals surface area contributed by atoms with Gasteiger partial charge >= 0.3 is 0 Å². The predicted octanol–water partition coefficient (Wildman–Crippen LogP) is 9.86. The zero-order valence-corrected chi connectivity index (χ0v) is 21.9. The Bertz CT molecular complexity index is 2080. The molecule has 0 fully saturated rings. The van der Waals surface area contributed by atoms with Crippen LogP contribution in [0.1, 0.15) is 18.9 Å². The fourth-order valence-electron chi connectivity index (χ4n) is 6.38. The molecule has 8 rings (SSSR count). The van der Waals surface area contributed by atoms with Crippen LogP contribution in [0.25, 0.3) is 60.6 Å². The molecule has 0 radical (unpaired) electrons. The van der Waals surface area contributed by atoms with Crippen molar-refractivity contribution in [3.05, 3.63) is 139 Å². The number of rotatable bonds is 3. The Morgan fingerprint density at radius 1 is 0.564 bits per heavy atom. The summed E-state index contributed by atoms with van der Waals surface area (Å²) in [5, 5.41) is 5.13. The van der Waals surface area contributed by atoms with Gasteiger partial charge in [-0.25, -0.2) is 0 Å².